The summed E-state index contributed by atoms with van der Waals surface area (Å²) >= 11 is 0. The highest BCUT2D eigenvalue weighted by Crippen LogP contribution is 2.30. The van der Waals surface area contributed by atoms with E-state index >= 15 is 0 Å². The van der Waals surface area contributed by atoms with Crippen molar-refractivity contribution in [2.45, 2.75) is 0 Å². The molecule has 4 aromatic rings. The van der Waals surface area contributed by atoms with Gasteiger partial charge in [-0.05, 0) is 23.8 Å². The molecule has 4 heteroatoms. The minimum Gasteiger partial charge on any atom is -0.545 e. The van der Waals surface area contributed by atoms with Crippen molar-refractivity contribution in [3.8, 4) is 11.1 Å². The molecule has 0 N–H and O–H groups in total. The number of carbonyl (C=O) groups is 2. The van der Waals surface area contributed by atoms with Crippen LogP contribution < -0.4 is 5.11 Å². The quantitative estimate of drug-likeness (QED) is 0.536. The Bertz CT molecular complexity index is 1110. The molecule has 0 saturated heterocycles. The van der Waals surface area contributed by atoms with Gasteiger partial charge in [0.15, 0.2) is 0 Å². The number of hydrogen-bond acceptors (Lipinski definition) is 3. The van der Waals surface area contributed by atoms with E-state index in [0.717, 1.165) is 16.6 Å². The number of aromatic carboxylic acids is 1. The molecular weight excluding hydrogens is 326 g/mol. The third-order valence-corrected chi connectivity index (χ3v) is 4.34. The number of carboxylic acids is 1. The lowest BCUT2D eigenvalue weighted by Crippen LogP contribution is -2.22. The number of pyridine rings is 1. The topological polar surface area (TPSA) is 61.6 Å². The third-order valence-electron chi connectivity index (χ3n) is 4.34. The van der Waals surface area contributed by atoms with Crippen LogP contribution in [0.15, 0.2) is 85.1 Å². The van der Waals surface area contributed by atoms with Crippen LogP contribution >= 0.6 is 0 Å². The number of ketones is 1. The number of nitrogens with zero attached hydrogens (tertiary/aromatic N) is 1. The molecule has 2 aromatic carbocycles. The Kier molecular flexibility index (Phi) is 3.86. The number of rotatable bonds is 4. The molecule has 0 aliphatic heterocycles. The molecule has 0 saturated carbocycles. The van der Waals surface area contributed by atoms with Crippen LogP contribution in [0, 0.1) is 0 Å². The SMILES string of the molecule is O=C([O-])c1ccc2cc(-c3ccccc3)c(C(=O)c3ccccc3)n2c1. The molecule has 4 rings (SSSR count). The molecule has 0 fully saturated rings. The van der Waals surface area contributed by atoms with Crippen LogP contribution in [0.4, 0.5) is 0 Å². The van der Waals surface area contributed by atoms with Gasteiger partial charge in [0.2, 0.25) is 5.78 Å². The first-order chi connectivity index (χ1) is 12.6. The van der Waals surface area contributed by atoms with Gasteiger partial charge in [-0.3, -0.25) is 4.79 Å². The van der Waals surface area contributed by atoms with E-state index in [2.05, 4.69) is 0 Å². The molecule has 0 amide bonds. The molecule has 4 nitrogen and oxygen atoms in total. The zero-order chi connectivity index (χ0) is 18.1. The van der Waals surface area contributed by atoms with E-state index in [-0.39, 0.29) is 11.3 Å². The van der Waals surface area contributed by atoms with Crippen LogP contribution in [0.2, 0.25) is 0 Å². The second-order valence-electron chi connectivity index (χ2n) is 5.97. The lowest BCUT2D eigenvalue weighted by Gasteiger charge is -2.09. The maximum absolute atomic E-state index is 13.2. The predicted octanol–water partition coefficient (Wildman–Crippen LogP) is 3.20. The van der Waals surface area contributed by atoms with Gasteiger partial charge in [0.25, 0.3) is 0 Å². The van der Waals surface area contributed by atoms with Crippen LogP contribution in [-0.2, 0) is 0 Å². The maximum atomic E-state index is 13.2. The fourth-order valence-corrected chi connectivity index (χ4v) is 3.09. The van der Waals surface area contributed by atoms with Gasteiger partial charge < -0.3 is 14.3 Å². The highest BCUT2D eigenvalue weighted by molar-refractivity contribution is 6.13. The Balaban J connectivity index is 2.01. The van der Waals surface area contributed by atoms with Gasteiger partial charge >= 0.3 is 0 Å². The molecule has 2 aromatic heterocycles. The van der Waals surface area contributed by atoms with E-state index in [1.165, 1.54) is 12.3 Å². The maximum Gasteiger partial charge on any atom is 0.210 e. The summed E-state index contributed by atoms with van der Waals surface area (Å²) in [4.78, 5) is 24.5. The van der Waals surface area contributed by atoms with Gasteiger partial charge in [-0.15, -0.1) is 0 Å². The molecule has 0 unspecified atom stereocenters. The fourth-order valence-electron chi connectivity index (χ4n) is 3.09. The number of aromatic nitrogens is 1. The Morgan fingerprint density at radius 1 is 0.769 bits per heavy atom. The van der Waals surface area contributed by atoms with Crippen LogP contribution in [0.3, 0.4) is 0 Å². The standard InChI is InChI=1S/C22H15NO3/c24-21(16-9-5-2-6-10-16)20-19(15-7-3-1-4-8-15)13-18-12-11-17(22(25)26)14-23(18)20/h1-14H,(H,25,26)/p-1. The van der Waals surface area contributed by atoms with Crippen LogP contribution in [-0.4, -0.2) is 16.2 Å². The van der Waals surface area contributed by atoms with E-state index < -0.39 is 5.97 Å². The van der Waals surface area contributed by atoms with Crippen molar-refractivity contribution in [2.75, 3.05) is 0 Å². The average Bonchev–Trinajstić information content (AvgIpc) is 3.07. The fraction of sp³-hybridized carbons (Fsp3) is 0. The number of hydrogen-bond donors (Lipinski definition) is 0. The zero-order valence-corrected chi connectivity index (χ0v) is 13.8. The summed E-state index contributed by atoms with van der Waals surface area (Å²) < 4.78 is 1.63. The summed E-state index contributed by atoms with van der Waals surface area (Å²) in [6, 6.07) is 23.6. The highest BCUT2D eigenvalue weighted by Gasteiger charge is 2.20. The van der Waals surface area contributed by atoms with Crippen molar-refractivity contribution in [2.24, 2.45) is 0 Å². The monoisotopic (exact) mass is 340 g/mol. The third kappa shape index (κ3) is 2.67. The van der Waals surface area contributed by atoms with E-state index in [1.807, 2.05) is 42.5 Å². The van der Waals surface area contributed by atoms with Crippen molar-refractivity contribution >= 4 is 17.3 Å². The van der Waals surface area contributed by atoms with Crippen molar-refractivity contribution in [1.82, 2.24) is 4.40 Å². The van der Waals surface area contributed by atoms with Gasteiger partial charge in [-0.2, -0.15) is 0 Å². The number of benzene rings is 2. The van der Waals surface area contributed by atoms with Crippen LogP contribution in [0.5, 0.6) is 0 Å². The lowest BCUT2D eigenvalue weighted by molar-refractivity contribution is -0.255. The Morgan fingerprint density at radius 3 is 2.08 bits per heavy atom. The Labute approximate surface area is 150 Å². The zero-order valence-electron chi connectivity index (χ0n) is 13.8. The second-order valence-corrected chi connectivity index (χ2v) is 5.97. The summed E-state index contributed by atoms with van der Waals surface area (Å²) in [5.41, 5.74) is 3.40. The first kappa shape index (κ1) is 15.8. The first-order valence-electron chi connectivity index (χ1n) is 8.17. The minimum absolute atomic E-state index is 0.0230. The molecule has 0 atom stereocenters. The summed E-state index contributed by atoms with van der Waals surface area (Å²) in [5.74, 6) is -1.44. The van der Waals surface area contributed by atoms with Crippen LogP contribution in [0.1, 0.15) is 26.4 Å². The molecule has 2 heterocycles. The van der Waals surface area contributed by atoms with Crippen molar-refractivity contribution in [3.05, 3.63) is 102 Å². The molecule has 0 spiro atoms. The van der Waals surface area contributed by atoms with Gasteiger partial charge in [-0.25, -0.2) is 0 Å². The number of fused-ring (bicyclic) bond motifs is 1. The van der Waals surface area contributed by atoms with Crippen molar-refractivity contribution in [1.29, 1.82) is 0 Å². The first-order valence-corrected chi connectivity index (χ1v) is 8.17. The predicted molar refractivity (Wildman–Crippen MR) is 97.0 cm³/mol. The lowest BCUT2D eigenvalue weighted by atomic mass is 10.0. The van der Waals surface area contributed by atoms with Gasteiger partial charge in [0, 0.05) is 28.4 Å². The Morgan fingerprint density at radius 2 is 1.42 bits per heavy atom. The van der Waals surface area contributed by atoms with Crippen molar-refractivity contribution < 1.29 is 14.7 Å². The minimum atomic E-state index is -1.28. The smallest absolute Gasteiger partial charge is 0.210 e. The van der Waals surface area contributed by atoms with Gasteiger partial charge in [-0.1, -0.05) is 60.7 Å². The summed E-state index contributed by atoms with van der Waals surface area (Å²) in [7, 11) is 0. The van der Waals surface area contributed by atoms with Crippen molar-refractivity contribution in [3.63, 3.8) is 0 Å². The molecule has 126 valence electrons. The number of carboxylic acid groups (broad SMARTS) is 1. The van der Waals surface area contributed by atoms with Gasteiger partial charge in [0.1, 0.15) is 5.69 Å². The summed E-state index contributed by atoms with van der Waals surface area (Å²) in [5, 5.41) is 11.3. The molecule has 0 aliphatic rings. The molecule has 0 radical (unpaired) electrons. The van der Waals surface area contributed by atoms with E-state index in [9.17, 15) is 14.7 Å². The molecular formula is C22H14NO3-. The largest absolute Gasteiger partial charge is 0.545 e. The normalized spacial score (nSPS) is 10.8. The van der Waals surface area contributed by atoms with E-state index in [1.54, 1.807) is 34.7 Å². The molecule has 0 aliphatic carbocycles. The molecule has 26 heavy (non-hydrogen) atoms. The van der Waals surface area contributed by atoms with E-state index in [0.29, 0.717) is 11.3 Å². The van der Waals surface area contributed by atoms with Gasteiger partial charge in [0.05, 0.1) is 5.97 Å². The van der Waals surface area contributed by atoms with Crippen LogP contribution in [0.25, 0.3) is 16.6 Å². The second kappa shape index (κ2) is 6.33. The summed E-state index contributed by atoms with van der Waals surface area (Å²) in [6.07, 6.45) is 1.44. The average molecular weight is 340 g/mol. The molecule has 0 bridgehead atoms. The Hall–Kier alpha value is -3.66. The summed E-state index contributed by atoms with van der Waals surface area (Å²) in [6.45, 7) is 0. The highest BCUT2D eigenvalue weighted by atomic mass is 16.4. The van der Waals surface area contributed by atoms with E-state index in [4.69, 9.17) is 0 Å². The number of carbonyl (C=O) groups excluding carboxylic acids is 2.